The van der Waals surface area contributed by atoms with E-state index in [4.69, 9.17) is 14.9 Å². The van der Waals surface area contributed by atoms with Gasteiger partial charge in [0.25, 0.3) is 11.6 Å². The standard InChI is InChI=1S/C19H29N3O6Si/c1-18(2,3)14-10-19(16(20)23,28-29(4)5)21(11-14)17(24)27-12-13-6-8-15(9-7-13)22(25)26/h6-9,14,29H,10-12H2,1-5H3,(H2,20,23)/t14-,19-/m0/s1. The maximum Gasteiger partial charge on any atom is 0.412 e. The van der Waals surface area contributed by atoms with Crippen LogP contribution in [0.5, 0.6) is 0 Å². The van der Waals surface area contributed by atoms with Crippen molar-refractivity contribution in [3.63, 3.8) is 0 Å². The number of nitro groups is 1. The van der Waals surface area contributed by atoms with E-state index in [1.54, 1.807) is 0 Å². The highest BCUT2D eigenvalue weighted by molar-refractivity contribution is 6.48. The molecule has 160 valence electrons. The lowest BCUT2D eigenvalue weighted by atomic mass is 9.79. The number of non-ortho nitro benzene ring substituents is 1. The Morgan fingerprint density at radius 2 is 1.90 bits per heavy atom. The molecule has 2 atom stereocenters. The number of benzene rings is 1. The van der Waals surface area contributed by atoms with Crippen LogP contribution < -0.4 is 5.73 Å². The van der Waals surface area contributed by atoms with Gasteiger partial charge in [-0.05, 0) is 42.1 Å². The van der Waals surface area contributed by atoms with Gasteiger partial charge in [-0.2, -0.15) is 0 Å². The number of hydrogen-bond donors (Lipinski definition) is 1. The second-order valence-corrected chi connectivity index (χ2v) is 11.0. The van der Waals surface area contributed by atoms with E-state index in [-0.39, 0.29) is 23.6 Å². The summed E-state index contributed by atoms with van der Waals surface area (Å²) in [4.78, 5) is 36.9. The highest BCUT2D eigenvalue weighted by Gasteiger charge is 2.56. The predicted octanol–water partition coefficient (Wildman–Crippen LogP) is 2.78. The Kier molecular flexibility index (Phi) is 6.69. The van der Waals surface area contributed by atoms with Gasteiger partial charge in [0.05, 0.1) is 4.92 Å². The van der Waals surface area contributed by atoms with E-state index in [0.717, 1.165) is 0 Å². The van der Waals surface area contributed by atoms with Crippen molar-refractivity contribution in [1.82, 2.24) is 4.90 Å². The van der Waals surface area contributed by atoms with Crippen LogP contribution in [0.1, 0.15) is 32.8 Å². The first-order valence-electron chi connectivity index (χ1n) is 9.52. The van der Waals surface area contributed by atoms with Gasteiger partial charge in [-0.3, -0.25) is 19.8 Å². The van der Waals surface area contributed by atoms with Gasteiger partial charge in [-0.1, -0.05) is 20.8 Å². The zero-order valence-electron chi connectivity index (χ0n) is 17.5. The smallest absolute Gasteiger partial charge is 0.412 e. The number of carbonyl (C=O) groups is 2. The van der Waals surface area contributed by atoms with E-state index in [1.807, 2.05) is 33.9 Å². The molecule has 2 amide bonds. The second-order valence-electron chi connectivity index (χ2n) is 8.67. The fourth-order valence-corrected chi connectivity index (χ4v) is 4.53. The molecule has 0 radical (unpaired) electrons. The molecule has 10 heteroatoms. The fraction of sp³-hybridized carbons (Fsp3) is 0.579. The van der Waals surface area contributed by atoms with Crippen molar-refractivity contribution in [2.75, 3.05) is 6.54 Å². The number of ether oxygens (including phenoxy) is 1. The van der Waals surface area contributed by atoms with E-state index < -0.39 is 31.7 Å². The third kappa shape index (κ3) is 5.13. The molecule has 1 aliphatic rings. The summed E-state index contributed by atoms with van der Waals surface area (Å²) in [6.07, 6.45) is -0.368. The summed E-state index contributed by atoms with van der Waals surface area (Å²) in [6, 6.07) is 5.73. The van der Waals surface area contributed by atoms with Crippen LogP contribution in [-0.4, -0.2) is 43.1 Å². The quantitative estimate of drug-likeness (QED) is 0.426. The van der Waals surface area contributed by atoms with Crippen molar-refractivity contribution in [3.8, 4) is 0 Å². The van der Waals surface area contributed by atoms with Gasteiger partial charge in [-0.15, -0.1) is 0 Å². The fourth-order valence-electron chi connectivity index (χ4n) is 3.41. The Morgan fingerprint density at radius 3 is 2.34 bits per heavy atom. The Balaban J connectivity index is 2.21. The molecule has 0 spiro atoms. The predicted molar refractivity (Wildman–Crippen MR) is 109 cm³/mol. The lowest BCUT2D eigenvalue weighted by molar-refractivity contribution is -0.384. The zero-order chi connectivity index (χ0) is 22.0. The molecule has 0 unspecified atom stereocenters. The maximum atomic E-state index is 12.9. The van der Waals surface area contributed by atoms with Gasteiger partial charge in [0.1, 0.15) is 6.61 Å². The highest BCUT2D eigenvalue weighted by atomic mass is 28.3. The molecule has 1 fully saturated rings. The molecular weight excluding hydrogens is 394 g/mol. The van der Waals surface area contributed by atoms with Crippen LogP contribution in [0.25, 0.3) is 0 Å². The molecule has 0 aliphatic carbocycles. The molecule has 2 N–H and O–H groups in total. The van der Waals surface area contributed by atoms with Crippen LogP contribution in [0.3, 0.4) is 0 Å². The molecule has 0 aromatic heterocycles. The van der Waals surface area contributed by atoms with Crippen LogP contribution in [0, 0.1) is 21.4 Å². The molecule has 1 saturated heterocycles. The molecular formula is C19H29N3O6Si. The third-order valence-electron chi connectivity index (χ3n) is 5.13. The van der Waals surface area contributed by atoms with Gasteiger partial charge in [-0.25, -0.2) is 4.79 Å². The molecule has 0 saturated carbocycles. The van der Waals surface area contributed by atoms with Crippen molar-refractivity contribution in [3.05, 3.63) is 39.9 Å². The van der Waals surface area contributed by atoms with Crippen molar-refractivity contribution >= 4 is 26.7 Å². The number of rotatable bonds is 6. The molecule has 0 bridgehead atoms. The summed E-state index contributed by atoms with van der Waals surface area (Å²) in [5.74, 6) is -0.688. The van der Waals surface area contributed by atoms with Gasteiger partial charge < -0.3 is 14.9 Å². The summed E-state index contributed by atoms with van der Waals surface area (Å²) >= 11 is 0. The molecule has 9 nitrogen and oxygen atoms in total. The van der Waals surface area contributed by atoms with E-state index >= 15 is 0 Å². The van der Waals surface area contributed by atoms with Crippen molar-refractivity contribution in [2.24, 2.45) is 17.1 Å². The Bertz CT molecular complexity index is 777. The topological polar surface area (TPSA) is 125 Å². The van der Waals surface area contributed by atoms with Crippen molar-refractivity contribution in [1.29, 1.82) is 0 Å². The van der Waals surface area contributed by atoms with Crippen LogP contribution >= 0.6 is 0 Å². The lowest BCUT2D eigenvalue weighted by Crippen LogP contribution is -2.59. The van der Waals surface area contributed by atoms with Crippen LogP contribution in [-0.2, 0) is 20.6 Å². The van der Waals surface area contributed by atoms with E-state index in [9.17, 15) is 19.7 Å². The molecule has 1 aromatic rings. The summed E-state index contributed by atoms with van der Waals surface area (Å²) in [5.41, 5.74) is 4.60. The normalized spacial score (nSPS) is 22.0. The summed E-state index contributed by atoms with van der Waals surface area (Å²) in [6.45, 7) is 10.2. The number of amides is 2. The van der Waals surface area contributed by atoms with Crippen LogP contribution in [0.2, 0.25) is 13.1 Å². The SMILES string of the molecule is C[SiH](C)O[C@]1(C(N)=O)C[C@H](C(C)(C)C)CN1C(=O)OCc1ccc([N+](=O)[O-])cc1. The maximum absolute atomic E-state index is 12.9. The minimum Gasteiger partial charge on any atom is -0.444 e. The number of primary amides is 1. The van der Waals surface area contributed by atoms with Gasteiger partial charge in [0.2, 0.25) is 5.72 Å². The Morgan fingerprint density at radius 1 is 1.31 bits per heavy atom. The number of likely N-dealkylation sites (tertiary alicyclic amines) is 1. The number of nitro benzene ring substituents is 1. The summed E-state index contributed by atoms with van der Waals surface area (Å²) in [5, 5.41) is 10.7. The van der Waals surface area contributed by atoms with Crippen molar-refractivity contribution < 1.29 is 23.7 Å². The molecule has 1 aromatic carbocycles. The van der Waals surface area contributed by atoms with Crippen LogP contribution in [0.4, 0.5) is 10.5 Å². The van der Waals surface area contributed by atoms with Crippen molar-refractivity contribution in [2.45, 2.75) is 52.6 Å². The largest absolute Gasteiger partial charge is 0.444 e. The number of nitrogens with zero attached hydrogens (tertiary/aromatic N) is 2. The van der Waals surface area contributed by atoms with Gasteiger partial charge in [0, 0.05) is 25.1 Å². The van der Waals surface area contributed by atoms with Gasteiger partial charge >= 0.3 is 6.09 Å². The monoisotopic (exact) mass is 423 g/mol. The molecule has 1 aliphatic heterocycles. The molecule has 1 heterocycles. The molecule has 29 heavy (non-hydrogen) atoms. The van der Waals surface area contributed by atoms with E-state index in [0.29, 0.717) is 18.5 Å². The number of carbonyl (C=O) groups excluding carboxylic acids is 2. The molecule has 2 rings (SSSR count). The third-order valence-corrected chi connectivity index (χ3v) is 5.99. The average molecular weight is 424 g/mol. The number of hydrogen-bond acceptors (Lipinski definition) is 6. The van der Waals surface area contributed by atoms with Gasteiger partial charge in [0.15, 0.2) is 9.04 Å². The Hall–Kier alpha value is -2.46. The number of nitrogens with two attached hydrogens (primary N) is 1. The average Bonchev–Trinajstić information content (AvgIpc) is 3.00. The first-order chi connectivity index (χ1) is 13.4. The van der Waals surface area contributed by atoms with E-state index in [1.165, 1.54) is 29.2 Å². The Labute approximate surface area is 172 Å². The highest BCUT2D eigenvalue weighted by Crippen LogP contribution is 2.43. The second kappa shape index (κ2) is 8.50. The summed E-state index contributed by atoms with van der Waals surface area (Å²) < 4.78 is 11.4. The first-order valence-corrected chi connectivity index (χ1v) is 12.3. The summed E-state index contributed by atoms with van der Waals surface area (Å²) in [7, 11) is -1.72. The minimum atomic E-state index is -1.72. The van der Waals surface area contributed by atoms with E-state index in [2.05, 4.69) is 0 Å². The van der Waals surface area contributed by atoms with Crippen LogP contribution in [0.15, 0.2) is 24.3 Å². The first kappa shape index (κ1) is 22.8. The minimum absolute atomic E-state index is 0.00896. The lowest BCUT2D eigenvalue weighted by Gasteiger charge is -2.36. The zero-order valence-corrected chi connectivity index (χ0v) is 18.7.